The molecule has 0 bridgehead atoms. The van der Waals surface area contributed by atoms with Gasteiger partial charge in [-0.2, -0.15) is 0 Å². The number of carboxylic acid groups (broad SMARTS) is 1. The van der Waals surface area contributed by atoms with Crippen molar-refractivity contribution in [2.45, 2.75) is 18.6 Å². The SMILES string of the molecule is CNC(=O)C1COCCN1C(=O)NCCC(O)C(=O)O. The van der Waals surface area contributed by atoms with Gasteiger partial charge in [-0.15, -0.1) is 0 Å². The van der Waals surface area contributed by atoms with Gasteiger partial charge in [0.25, 0.3) is 0 Å². The van der Waals surface area contributed by atoms with Gasteiger partial charge in [-0.3, -0.25) is 4.79 Å². The lowest BCUT2D eigenvalue weighted by atomic mass is 10.2. The Bertz CT molecular complexity index is 375. The van der Waals surface area contributed by atoms with Crippen LogP contribution in [0.3, 0.4) is 0 Å². The minimum Gasteiger partial charge on any atom is -0.479 e. The second kappa shape index (κ2) is 7.65. The van der Waals surface area contributed by atoms with E-state index in [0.717, 1.165) is 0 Å². The average molecular weight is 289 g/mol. The number of hydrogen-bond donors (Lipinski definition) is 4. The van der Waals surface area contributed by atoms with Crippen LogP contribution in [0.15, 0.2) is 0 Å². The first-order valence-electron chi connectivity index (χ1n) is 6.22. The molecule has 0 aromatic heterocycles. The van der Waals surface area contributed by atoms with E-state index >= 15 is 0 Å². The van der Waals surface area contributed by atoms with Crippen molar-refractivity contribution >= 4 is 17.9 Å². The number of likely N-dealkylation sites (N-methyl/N-ethyl adjacent to an activating group) is 1. The number of aliphatic hydroxyl groups excluding tert-OH is 1. The lowest BCUT2D eigenvalue weighted by molar-refractivity contribution is -0.146. The topological polar surface area (TPSA) is 128 Å². The number of ether oxygens (including phenoxy) is 1. The zero-order valence-electron chi connectivity index (χ0n) is 11.2. The standard InChI is InChI=1S/C11H19N3O6/c1-12-9(16)7-6-20-5-4-14(7)11(19)13-3-2-8(15)10(17)18/h7-8,15H,2-6H2,1H3,(H,12,16)(H,13,19)(H,17,18). The molecule has 1 aliphatic rings. The molecule has 1 aliphatic heterocycles. The molecular weight excluding hydrogens is 270 g/mol. The van der Waals surface area contributed by atoms with Crippen LogP contribution in [0.4, 0.5) is 4.79 Å². The average Bonchev–Trinajstić information content (AvgIpc) is 2.45. The predicted octanol–water partition coefficient (Wildman–Crippen LogP) is -2.02. The number of carbonyl (C=O) groups excluding carboxylic acids is 2. The van der Waals surface area contributed by atoms with Crippen molar-refractivity contribution in [1.29, 1.82) is 0 Å². The van der Waals surface area contributed by atoms with Crippen LogP contribution in [0.2, 0.25) is 0 Å². The number of amides is 3. The first kappa shape index (κ1) is 16.2. The molecule has 1 heterocycles. The van der Waals surface area contributed by atoms with Gasteiger partial charge in [0.15, 0.2) is 6.10 Å². The number of urea groups is 1. The summed E-state index contributed by atoms with van der Waals surface area (Å²) in [5.41, 5.74) is 0. The van der Waals surface area contributed by atoms with E-state index in [2.05, 4.69) is 10.6 Å². The highest BCUT2D eigenvalue weighted by Crippen LogP contribution is 2.07. The highest BCUT2D eigenvalue weighted by Gasteiger charge is 2.32. The molecule has 1 saturated heterocycles. The number of rotatable bonds is 5. The van der Waals surface area contributed by atoms with E-state index in [1.54, 1.807) is 0 Å². The Hall–Kier alpha value is -1.87. The third kappa shape index (κ3) is 4.35. The largest absolute Gasteiger partial charge is 0.479 e. The van der Waals surface area contributed by atoms with Crippen LogP contribution in [-0.4, -0.2) is 78.5 Å². The quantitative estimate of drug-likeness (QED) is 0.462. The van der Waals surface area contributed by atoms with Crippen molar-refractivity contribution in [2.75, 3.05) is 33.4 Å². The van der Waals surface area contributed by atoms with E-state index in [1.165, 1.54) is 11.9 Å². The predicted molar refractivity (Wildman–Crippen MR) is 67.0 cm³/mol. The second-order valence-electron chi connectivity index (χ2n) is 4.27. The monoisotopic (exact) mass is 289 g/mol. The smallest absolute Gasteiger partial charge is 0.332 e. The van der Waals surface area contributed by atoms with Gasteiger partial charge < -0.3 is 30.5 Å². The van der Waals surface area contributed by atoms with Gasteiger partial charge in [-0.05, 0) is 0 Å². The molecule has 20 heavy (non-hydrogen) atoms. The molecular formula is C11H19N3O6. The lowest BCUT2D eigenvalue weighted by Crippen LogP contribution is -2.58. The van der Waals surface area contributed by atoms with Crippen LogP contribution in [-0.2, 0) is 14.3 Å². The van der Waals surface area contributed by atoms with Crippen molar-refractivity contribution in [2.24, 2.45) is 0 Å². The first-order chi connectivity index (χ1) is 9.47. The molecule has 3 amide bonds. The summed E-state index contributed by atoms with van der Waals surface area (Å²) in [6, 6.07) is -1.20. The Labute approximate surface area is 115 Å². The number of aliphatic hydroxyl groups is 1. The molecule has 2 unspecified atom stereocenters. The molecule has 9 heteroatoms. The van der Waals surface area contributed by atoms with Crippen molar-refractivity contribution in [1.82, 2.24) is 15.5 Å². The lowest BCUT2D eigenvalue weighted by Gasteiger charge is -2.34. The Morgan fingerprint density at radius 2 is 2.15 bits per heavy atom. The van der Waals surface area contributed by atoms with Gasteiger partial charge in [-0.25, -0.2) is 9.59 Å². The van der Waals surface area contributed by atoms with E-state index in [-0.39, 0.29) is 32.0 Å². The van der Waals surface area contributed by atoms with Gasteiger partial charge in [0, 0.05) is 26.6 Å². The number of nitrogens with one attached hydrogen (secondary N) is 2. The Balaban J connectivity index is 2.47. The van der Waals surface area contributed by atoms with E-state index in [4.69, 9.17) is 14.9 Å². The number of morpholine rings is 1. The van der Waals surface area contributed by atoms with Gasteiger partial charge in [0.1, 0.15) is 6.04 Å². The number of carboxylic acids is 1. The van der Waals surface area contributed by atoms with Crippen LogP contribution in [0.5, 0.6) is 0 Å². The van der Waals surface area contributed by atoms with Crippen molar-refractivity contribution in [3.8, 4) is 0 Å². The maximum atomic E-state index is 11.9. The van der Waals surface area contributed by atoms with Gasteiger partial charge >= 0.3 is 12.0 Å². The third-order valence-corrected chi connectivity index (χ3v) is 2.92. The molecule has 1 rings (SSSR count). The minimum absolute atomic E-state index is 0.00409. The van der Waals surface area contributed by atoms with Crippen molar-refractivity contribution in [3.63, 3.8) is 0 Å². The fourth-order valence-electron chi connectivity index (χ4n) is 1.77. The number of carbonyl (C=O) groups is 3. The van der Waals surface area contributed by atoms with E-state index < -0.39 is 24.1 Å². The first-order valence-corrected chi connectivity index (χ1v) is 6.22. The summed E-state index contributed by atoms with van der Waals surface area (Å²) in [7, 11) is 1.47. The van der Waals surface area contributed by atoms with Crippen LogP contribution in [0, 0.1) is 0 Å². The number of nitrogens with zero attached hydrogens (tertiary/aromatic N) is 1. The highest BCUT2D eigenvalue weighted by atomic mass is 16.5. The number of hydrogen-bond acceptors (Lipinski definition) is 5. The molecule has 9 nitrogen and oxygen atoms in total. The molecule has 0 aromatic rings. The summed E-state index contributed by atoms with van der Waals surface area (Å²) in [5, 5.41) is 22.5. The fourth-order valence-corrected chi connectivity index (χ4v) is 1.77. The van der Waals surface area contributed by atoms with Gasteiger partial charge in [0.05, 0.1) is 13.2 Å². The molecule has 0 saturated carbocycles. The summed E-state index contributed by atoms with van der Waals surface area (Å²) >= 11 is 0. The molecule has 114 valence electrons. The zero-order valence-corrected chi connectivity index (χ0v) is 11.2. The molecule has 4 N–H and O–H groups in total. The minimum atomic E-state index is -1.52. The van der Waals surface area contributed by atoms with Gasteiger partial charge in [-0.1, -0.05) is 0 Å². The summed E-state index contributed by atoms with van der Waals surface area (Å²) in [6.45, 7) is 0.721. The normalized spacial score (nSPS) is 20.1. The van der Waals surface area contributed by atoms with Crippen LogP contribution in [0.1, 0.15) is 6.42 Å². The third-order valence-electron chi connectivity index (χ3n) is 2.92. The van der Waals surface area contributed by atoms with E-state index in [9.17, 15) is 14.4 Å². The molecule has 0 spiro atoms. The molecule has 1 fully saturated rings. The fraction of sp³-hybridized carbons (Fsp3) is 0.727. The van der Waals surface area contributed by atoms with Crippen LogP contribution in [0.25, 0.3) is 0 Å². The Morgan fingerprint density at radius 3 is 2.75 bits per heavy atom. The number of aliphatic carboxylic acids is 1. The van der Waals surface area contributed by atoms with Crippen molar-refractivity contribution < 1.29 is 29.3 Å². The maximum absolute atomic E-state index is 11.9. The van der Waals surface area contributed by atoms with Crippen molar-refractivity contribution in [3.05, 3.63) is 0 Å². The van der Waals surface area contributed by atoms with Crippen LogP contribution < -0.4 is 10.6 Å². The molecule has 0 aliphatic carbocycles. The molecule has 0 radical (unpaired) electrons. The Morgan fingerprint density at radius 1 is 1.45 bits per heavy atom. The molecule has 2 atom stereocenters. The summed E-state index contributed by atoms with van der Waals surface area (Å²) < 4.78 is 5.16. The highest BCUT2D eigenvalue weighted by molar-refractivity contribution is 5.87. The van der Waals surface area contributed by atoms with E-state index in [1.807, 2.05) is 0 Å². The summed E-state index contributed by atoms with van der Waals surface area (Å²) in [5.74, 6) is -1.67. The Kier molecular flexibility index (Phi) is 6.19. The molecule has 0 aromatic carbocycles. The summed E-state index contributed by atoms with van der Waals surface area (Å²) in [6.07, 6.45) is -1.62. The summed E-state index contributed by atoms with van der Waals surface area (Å²) in [4.78, 5) is 35.3. The van der Waals surface area contributed by atoms with Crippen LogP contribution >= 0.6 is 0 Å². The van der Waals surface area contributed by atoms with Gasteiger partial charge in [0.2, 0.25) is 5.91 Å². The zero-order chi connectivity index (χ0) is 15.1. The van der Waals surface area contributed by atoms with E-state index in [0.29, 0.717) is 6.61 Å². The second-order valence-corrected chi connectivity index (χ2v) is 4.27. The maximum Gasteiger partial charge on any atom is 0.332 e.